The van der Waals surface area contributed by atoms with Gasteiger partial charge in [-0.2, -0.15) is 0 Å². The van der Waals surface area contributed by atoms with Crippen LogP contribution in [0.15, 0.2) is 54.9 Å². The number of benzene rings is 2. The van der Waals surface area contributed by atoms with Crippen LogP contribution in [0.25, 0.3) is 0 Å². The van der Waals surface area contributed by atoms with E-state index in [1.807, 2.05) is 0 Å². The molecule has 1 aliphatic heterocycles. The number of halogens is 2. The quantitative estimate of drug-likeness (QED) is 0.686. The highest BCUT2D eigenvalue weighted by molar-refractivity contribution is 6.31. The number of ether oxygens (including phenoxy) is 2. The van der Waals surface area contributed by atoms with Gasteiger partial charge in [0, 0.05) is 23.6 Å². The van der Waals surface area contributed by atoms with E-state index in [1.54, 1.807) is 36.5 Å². The van der Waals surface area contributed by atoms with Crippen LogP contribution in [0.3, 0.4) is 0 Å². The van der Waals surface area contributed by atoms with Crippen LogP contribution in [0.2, 0.25) is 5.02 Å². The molecule has 3 aromatic rings. The standard InChI is InChI=1S/C19H13ClFN3O3/c20-15-6-12(1-3-16(15)21)23-14-5-11(8-22-9-14)19(25)24-13-2-4-17-18(7-13)27-10-26-17/h1-9,23H,10H2,(H,24,25). The molecule has 0 fully saturated rings. The number of hydrogen-bond donors (Lipinski definition) is 2. The molecule has 6 nitrogen and oxygen atoms in total. The Morgan fingerprint density at radius 1 is 1.00 bits per heavy atom. The maximum absolute atomic E-state index is 13.3. The molecular weight excluding hydrogens is 373 g/mol. The van der Waals surface area contributed by atoms with Crippen molar-refractivity contribution >= 4 is 34.6 Å². The van der Waals surface area contributed by atoms with Gasteiger partial charge in [-0.15, -0.1) is 0 Å². The fourth-order valence-electron chi connectivity index (χ4n) is 2.55. The summed E-state index contributed by atoms with van der Waals surface area (Å²) in [5.41, 5.74) is 2.08. The van der Waals surface area contributed by atoms with E-state index in [0.717, 1.165) is 0 Å². The lowest BCUT2D eigenvalue weighted by atomic mass is 10.2. The van der Waals surface area contributed by atoms with Crippen molar-refractivity contribution in [1.29, 1.82) is 0 Å². The second kappa shape index (κ2) is 7.13. The summed E-state index contributed by atoms with van der Waals surface area (Å²) >= 11 is 5.78. The SMILES string of the molecule is O=C(Nc1ccc2c(c1)OCO2)c1cncc(Nc2ccc(F)c(Cl)c2)c1. The topological polar surface area (TPSA) is 72.5 Å². The lowest BCUT2D eigenvalue weighted by molar-refractivity contribution is 0.102. The number of pyridine rings is 1. The number of anilines is 3. The first-order chi connectivity index (χ1) is 13.1. The number of nitrogens with one attached hydrogen (secondary N) is 2. The molecule has 8 heteroatoms. The summed E-state index contributed by atoms with van der Waals surface area (Å²) in [4.78, 5) is 16.6. The highest BCUT2D eigenvalue weighted by Gasteiger charge is 2.15. The predicted octanol–water partition coefficient (Wildman–Crippen LogP) is 4.60. The van der Waals surface area contributed by atoms with E-state index >= 15 is 0 Å². The fraction of sp³-hybridized carbons (Fsp3) is 0.0526. The van der Waals surface area contributed by atoms with Gasteiger partial charge < -0.3 is 20.1 Å². The summed E-state index contributed by atoms with van der Waals surface area (Å²) in [6, 6.07) is 11.0. The molecule has 1 aliphatic rings. The maximum Gasteiger partial charge on any atom is 0.257 e. The first-order valence-electron chi connectivity index (χ1n) is 7.96. The van der Waals surface area contributed by atoms with E-state index in [-0.39, 0.29) is 17.7 Å². The van der Waals surface area contributed by atoms with Crippen LogP contribution < -0.4 is 20.1 Å². The van der Waals surface area contributed by atoms with E-state index in [2.05, 4.69) is 15.6 Å². The summed E-state index contributed by atoms with van der Waals surface area (Å²) in [5.74, 6) is 0.382. The average Bonchev–Trinajstić information content (AvgIpc) is 3.13. The molecule has 0 unspecified atom stereocenters. The molecule has 0 radical (unpaired) electrons. The summed E-state index contributed by atoms with van der Waals surface area (Å²) in [6.45, 7) is 0.164. The minimum Gasteiger partial charge on any atom is -0.454 e. The first kappa shape index (κ1) is 17.1. The molecule has 0 aliphatic carbocycles. The molecule has 0 bridgehead atoms. The van der Waals surface area contributed by atoms with Crippen molar-refractivity contribution in [1.82, 2.24) is 4.98 Å². The number of carbonyl (C=O) groups is 1. The largest absolute Gasteiger partial charge is 0.454 e. The van der Waals surface area contributed by atoms with Gasteiger partial charge in [0.05, 0.1) is 22.5 Å². The van der Waals surface area contributed by atoms with Crippen LogP contribution >= 0.6 is 11.6 Å². The number of nitrogens with zero attached hydrogens (tertiary/aromatic N) is 1. The van der Waals surface area contributed by atoms with Gasteiger partial charge in [-0.05, 0) is 36.4 Å². The summed E-state index contributed by atoms with van der Waals surface area (Å²) in [6.07, 6.45) is 3.00. The molecule has 0 spiro atoms. The third kappa shape index (κ3) is 3.78. The third-order valence-electron chi connectivity index (χ3n) is 3.84. The zero-order valence-corrected chi connectivity index (χ0v) is 14.6. The Bertz CT molecular complexity index is 1030. The van der Waals surface area contributed by atoms with Gasteiger partial charge in [-0.25, -0.2) is 4.39 Å². The number of carbonyl (C=O) groups excluding carboxylic acids is 1. The van der Waals surface area contributed by atoms with Crippen molar-refractivity contribution in [3.63, 3.8) is 0 Å². The van der Waals surface area contributed by atoms with Crippen LogP contribution in [0.1, 0.15) is 10.4 Å². The number of amides is 1. The van der Waals surface area contributed by atoms with Gasteiger partial charge in [-0.3, -0.25) is 9.78 Å². The van der Waals surface area contributed by atoms with Crippen LogP contribution in [-0.4, -0.2) is 17.7 Å². The Kier molecular flexibility index (Phi) is 4.52. The minimum absolute atomic E-state index is 0.00432. The molecule has 27 heavy (non-hydrogen) atoms. The number of rotatable bonds is 4. The lowest BCUT2D eigenvalue weighted by Crippen LogP contribution is -2.12. The van der Waals surface area contributed by atoms with E-state index in [0.29, 0.717) is 34.1 Å². The molecule has 2 heterocycles. The van der Waals surface area contributed by atoms with Crippen molar-refractivity contribution in [2.75, 3.05) is 17.4 Å². The van der Waals surface area contributed by atoms with E-state index in [9.17, 15) is 9.18 Å². The van der Waals surface area contributed by atoms with E-state index in [1.165, 1.54) is 18.3 Å². The van der Waals surface area contributed by atoms with Crippen molar-refractivity contribution < 1.29 is 18.7 Å². The minimum atomic E-state index is -0.503. The van der Waals surface area contributed by atoms with Crippen LogP contribution in [-0.2, 0) is 0 Å². The Hall–Kier alpha value is -3.32. The lowest BCUT2D eigenvalue weighted by Gasteiger charge is -2.09. The van der Waals surface area contributed by atoms with Crippen molar-refractivity contribution in [2.24, 2.45) is 0 Å². The molecule has 0 saturated heterocycles. The van der Waals surface area contributed by atoms with Gasteiger partial charge in [0.15, 0.2) is 11.5 Å². The smallest absolute Gasteiger partial charge is 0.257 e. The molecular formula is C19H13ClFN3O3. The molecule has 2 N–H and O–H groups in total. The van der Waals surface area contributed by atoms with E-state index < -0.39 is 5.82 Å². The van der Waals surface area contributed by atoms with E-state index in [4.69, 9.17) is 21.1 Å². The molecule has 0 saturated carbocycles. The van der Waals surface area contributed by atoms with Crippen molar-refractivity contribution in [3.05, 3.63) is 71.3 Å². The normalized spacial score (nSPS) is 11.9. The monoisotopic (exact) mass is 385 g/mol. The molecule has 2 aromatic carbocycles. The van der Waals surface area contributed by atoms with Crippen molar-refractivity contribution in [3.8, 4) is 11.5 Å². The van der Waals surface area contributed by atoms with Crippen LogP contribution in [0.4, 0.5) is 21.5 Å². The second-order valence-corrected chi connectivity index (χ2v) is 6.15. The molecule has 1 aromatic heterocycles. The highest BCUT2D eigenvalue weighted by atomic mass is 35.5. The third-order valence-corrected chi connectivity index (χ3v) is 4.13. The molecule has 0 atom stereocenters. The summed E-state index contributed by atoms with van der Waals surface area (Å²) in [5, 5.41) is 5.82. The molecule has 4 rings (SSSR count). The van der Waals surface area contributed by atoms with Gasteiger partial charge in [0.25, 0.3) is 5.91 Å². The van der Waals surface area contributed by atoms with Gasteiger partial charge >= 0.3 is 0 Å². The van der Waals surface area contributed by atoms with Crippen molar-refractivity contribution in [2.45, 2.75) is 0 Å². The zero-order valence-electron chi connectivity index (χ0n) is 13.8. The van der Waals surface area contributed by atoms with Gasteiger partial charge in [0.1, 0.15) is 5.82 Å². The molecule has 1 amide bonds. The second-order valence-electron chi connectivity index (χ2n) is 5.74. The number of fused-ring (bicyclic) bond motifs is 1. The van der Waals surface area contributed by atoms with Crippen LogP contribution in [0, 0.1) is 5.82 Å². The van der Waals surface area contributed by atoms with Crippen LogP contribution in [0.5, 0.6) is 11.5 Å². The number of hydrogen-bond acceptors (Lipinski definition) is 5. The predicted molar refractivity (Wildman–Crippen MR) is 99.4 cm³/mol. The van der Waals surface area contributed by atoms with Gasteiger partial charge in [0.2, 0.25) is 6.79 Å². The first-order valence-corrected chi connectivity index (χ1v) is 8.34. The highest BCUT2D eigenvalue weighted by Crippen LogP contribution is 2.34. The van der Waals surface area contributed by atoms with Gasteiger partial charge in [-0.1, -0.05) is 11.6 Å². The number of aromatic nitrogens is 1. The maximum atomic E-state index is 13.3. The molecule has 136 valence electrons. The Morgan fingerprint density at radius 2 is 1.81 bits per heavy atom. The summed E-state index contributed by atoms with van der Waals surface area (Å²) < 4.78 is 23.8. The average molecular weight is 386 g/mol. The summed E-state index contributed by atoms with van der Waals surface area (Å²) in [7, 11) is 0. The Morgan fingerprint density at radius 3 is 2.67 bits per heavy atom. The fourth-order valence-corrected chi connectivity index (χ4v) is 2.73. The Labute approximate surface area is 158 Å². The Balaban J connectivity index is 1.49. The zero-order chi connectivity index (χ0) is 18.8.